The second kappa shape index (κ2) is 5.30. The molecule has 0 atom stereocenters. The summed E-state index contributed by atoms with van der Waals surface area (Å²) in [7, 11) is 0. The van der Waals surface area contributed by atoms with Crippen molar-refractivity contribution in [3.8, 4) is 5.75 Å². The number of nitrogens with one attached hydrogen (secondary N) is 1. The molecule has 19 heavy (non-hydrogen) atoms. The van der Waals surface area contributed by atoms with E-state index in [2.05, 4.69) is 9.97 Å². The van der Waals surface area contributed by atoms with E-state index in [1.807, 2.05) is 0 Å². The SMILES string of the molecule is O=C(O)c1cnc(COc2ccccc2F)[nH]c1=O. The van der Waals surface area contributed by atoms with Gasteiger partial charge in [0.1, 0.15) is 18.0 Å². The average Bonchev–Trinajstić information content (AvgIpc) is 2.37. The number of aromatic nitrogens is 2. The first-order valence-electron chi connectivity index (χ1n) is 5.27. The zero-order valence-corrected chi connectivity index (χ0v) is 9.59. The number of carbonyl (C=O) groups is 1. The molecule has 0 aliphatic rings. The number of carboxylic acids is 1. The summed E-state index contributed by atoms with van der Waals surface area (Å²) in [5.74, 6) is -1.77. The molecule has 0 amide bonds. The molecular weight excluding hydrogens is 255 g/mol. The van der Waals surface area contributed by atoms with E-state index in [1.54, 1.807) is 6.07 Å². The van der Waals surface area contributed by atoms with E-state index >= 15 is 0 Å². The van der Waals surface area contributed by atoms with E-state index in [1.165, 1.54) is 18.2 Å². The number of para-hydroxylation sites is 1. The Hall–Kier alpha value is -2.70. The molecular formula is C12H9FN2O4. The molecule has 0 radical (unpaired) electrons. The summed E-state index contributed by atoms with van der Waals surface area (Å²) in [6.07, 6.45) is 0.932. The van der Waals surface area contributed by atoms with Gasteiger partial charge in [0.05, 0.1) is 0 Å². The first-order chi connectivity index (χ1) is 9.08. The van der Waals surface area contributed by atoms with Crippen molar-refractivity contribution in [1.82, 2.24) is 9.97 Å². The minimum absolute atomic E-state index is 0.0208. The van der Waals surface area contributed by atoms with Crippen molar-refractivity contribution in [2.45, 2.75) is 6.61 Å². The van der Waals surface area contributed by atoms with E-state index in [-0.39, 0.29) is 18.2 Å². The Labute approximate surface area is 106 Å². The maximum Gasteiger partial charge on any atom is 0.342 e. The van der Waals surface area contributed by atoms with Crippen LogP contribution in [0, 0.1) is 5.82 Å². The van der Waals surface area contributed by atoms with Gasteiger partial charge >= 0.3 is 5.97 Å². The summed E-state index contributed by atoms with van der Waals surface area (Å²) in [6, 6.07) is 5.78. The van der Waals surface area contributed by atoms with Gasteiger partial charge in [0.25, 0.3) is 5.56 Å². The highest BCUT2D eigenvalue weighted by molar-refractivity contribution is 5.86. The number of benzene rings is 1. The van der Waals surface area contributed by atoms with Crippen LogP contribution in [0.4, 0.5) is 4.39 Å². The van der Waals surface area contributed by atoms with Crippen molar-refractivity contribution in [1.29, 1.82) is 0 Å². The van der Waals surface area contributed by atoms with Crippen molar-refractivity contribution in [3.63, 3.8) is 0 Å². The fraction of sp³-hybridized carbons (Fsp3) is 0.0833. The lowest BCUT2D eigenvalue weighted by molar-refractivity contribution is 0.0694. The Balaban J connectivity index is 2.13. The zero-order chi connectivity index (χ0) is 13.8. The molecule has 1 aromatic carbocycles. The Morgan fingerprint density at radius 1 is 1.42 bits per heavy atom. The third-order valence-corrected chi connectivity index (χ3v) is 2.28. The Morgan fingerprint density at radius 2 is 2.16 bits per heavy atom. The molecule has 98 valence electrons. The van der Waals surface area contributed by atoms with Crippen LogP contribution in [0.25, 0.3) is 0 Å². The lowest BCUT2D eigenvalue weighted by Gasteiger charge is -2.06. The summed E-state index contributed by atoms with van der Waals surface area (Å²) in [6.45, 7) is -0.171. The molecule has 0 aliphatic heterocycles. The maximum absolute atomic E-state index is 13.2. The van der Waals surface area contributed by atoms with Crippen LogP contribution in [0.3, 0.4) is 0 Å². The Morgan fingerprint density at radius 3 is 2.79 bits per heavy atom. The normalized spacial score (nSPS) is 10.2. The number of rotatable bonds is 4. The lowest BCUT2D eigenvalue weighted by atomic mass is 10.3. The molecule has 7 heteroatoms. The maximum atomic E-state index is 13.2. The summed E-state index contributed by atoms with van der Waals surface area (Å²) < 4.78 is 18.4. The number of halogens is 1. The quantitative estimate of drug-likeness (QED) is 0.865. The van der Waals surface area contributed by atoms with Gasteiger partial charge in [0.15, 0.2) is 11.6 Å². The van der Waals surface area contributed by atoms with Crippen LogP contribution in [0.15, 0.2) is 35.3 Å². The zero-order valence-electron chi connectivity index (χ0n) is 9.59. The van der Waals surface area contributed by atoms with Gasteiger partial charge in [-0.25, -0.2) is 14.2 Å². The molecule has 2 aromatic rings. The van der Waals surface area contributed by atoms with E-state index in [4.69, 9.17) is 9.84 Å². The molecule has 0 fully saturated rings. The van der Waals surface area contributed by atoms with E-state index in [0.29, 0.717) is 0 Å². The van der Waals surface area contributed by atoms with Crippen molar-refractivity contribution in [2.24, 2.45) is 0 Å². The second-order valence-electron chi connectivity index (χ2n) is 3.60. The molecule has 6 nitrogen and oxygen atoms in total. The van der Waals surface area contributed by atoms with Gasteiger partial charge in [-0.3, -0.25) is 4.79 Å². The van der Waals surface area contributed by atoms with Crippen LogP contribution in [-0.4, -0.2) is 21.0 Å². The molecule has 1 aromatic heterocycles. The van der Waals surface area contributed by atoms with E-state index < -0.39 is 22.9 Å². The van der Waals surface area contributed by atoms with Crippen molar-refractivity contribution < 1.29 is 19.0 Å². The minimum atomic E-state index is -1.37. The Kier molecular flexibility index (Phi) is 3.56. The van der Waals surface area contributed by atoms with E-state index in [0.717, 1.165) is 6.20 Å². The minimum Gasteiger partial charge on any atom is -0.483 e. The first kappa shape index (κ1) is 12.7. The summed E-state index contributed by atoms with van der Waals surface area (Å²) >= 11 is 0. The fourth-order valence-corrected chi connectivity index (χ4v) is 1.37. The number of aromatic carboxylic acids is 1. The Bertz CT molecular complexity index is 669. The highest BCUT2D eigenvalue weighted by Gasteiger charge is 2.10. The first-order valence-corrected chi connectivity index (χ1v) is 5.27. The van der Waals surface area contributed by atoms with Gasteiger partial charge < -0.3 is 14.8 Å². The van der Waals surface area contributed by atoms with Crippen LogP contribution in [0.2, 0.25) is 0 Å². The third kappa shape index (κ3) is 2.95. The van der Waals surface area contributed by atoms with Crippen LogP contribution in [-0.2, 0) is 6.61 Å². The smallest absolute Gasteiger partial charge is 0.342 e. The third-order valence-electron chi connectivity index (χ3n) is 2.28. The molecule has 0 unspecified atom stereocenters. The summed E-state index contributed by atoms with van der Waals surface area (Å²) in [4.78, 5) is 27.9. The summed E-state index contributed by atoms with van der Waals surface area (Å²) in [5.41, 5.74) is -1.25. The van der Waals surface area contributed by atoms with Crippen molar-refractivity contribution in [2.75, 3.05) is 0 Å². The topological polar surface area (TPSA) is 92.3 Å². The molecule has 1 heterocycles. The van der Waals surface area contributed by atoms with Gasteiger partial charge in [0, 0.05) is 6.20 Å². The summed E-state index contributed by atoms with van der Waals surface area (Å²) in [5, 5.41) is 8.66. The monoisotopic (exact) mass is 264 g/mol. The molecule has 2 rings (SSSR count). The van der Waals surface area contributed by atoms with Crippen LogP contribution in [0.1, 0.15) is 16.2 Å². The molecule has 2 N–H and O–H groups in total. The average molecular weight is 264 g/mol. The van der Waals surface area contributed by atoms with Gasteiger partial charge in [-0.1, -0.05) is 12.1 Å². The molecule has 0 aliphatic carbocycles. The highest BCUT2D eigenvalue weighted by Crippen LogP contribution is 2.16. The standard InChI is InChI=1S/C12H9FN2O4/c13-8-3-1-2-4-9(8)19-6-10-14-5-7(12(17)18)11(16)15-10/h1-5H,6H2,(H,17,18)(H,14,15,16). The molecule has 0 spiro atoms. The predicted molar refractivity (Wildman–Crippen MR) is 62.5 cm³/mol. The number of nitrogens with zero attached hydrogens (tertiary/aromatic N) is 1. The number of hydrogen-bond donors (Lipinski definition) is 2. The molecule has 0 bridgehead atoms. The van der Waals surface area contributed by atoms with Crippen LogP contribution >= 0.6 is 0 Å². The van der Waals surface area contributed by atoms with Gasteiger partial charge in [-0.15, -0.1) is 0 Å². The number of aromatic amines is 1. The van der Waals surface area contributed by atoms with Crippen molar-refractivity contribution >= 4 is 5.97 Å². The van der Waals surface area contributed by atoms with Crippen molar-refractivity contribution in [3.05, 3.63) is 58.0 Å². The largest absolute Gasteiger partial charge is 0.483 e. The fourth-order valence-electron chi connectivity index (χ4n) is 1.37. The lowest BCUT2D eigenvalue weighted by Crippen LogP contribution is -2.20. The highest BCUT2D eigenvalue weighted by atomic mass is 19.1. The van der Waals surface area contributed by atoms with Gasteiger partial charge in [-0.2, -0.15) is 0 Å². The van der Waals surface area contributed by atoms with E-state index in [9.17, 15) is 14.0 Å². The number of carboxylic acid groups (broad SMARTS) is 1. The van der Waals surface area contributed by atoms with Crippen LogP contribution in [0.5, 0.6) is 5.75 Å². The number of H-pyrrole nitrogens is 1. The molecule has 0 saturated heterocycles. The van der Waals surface area contributed by atoms with Gasteiger partial charge in [-0.05, 0) is 12.1 Å². The van der Waals surface area contributed by atoms with Crippen LogP contribution < -0.4 is 10.3 Å². The predicted octanol–water partition coefficient (Wildman–Crippen LogP) is 1.19. The molecule has 0 saturated carbocycles. The van der Waals surface area contributed by atoms with Gasteiger partial charge in [0.2, 0.25) is 0 Å². The number of ether oxygens (including phenoxy) is 1. The number of hydrogen-bond acceptors (Lipinski definition) is 4. The second-order valence-corrected chi connectivity index (χ2v) is 3.60.